The molecule has 0 radical (unpaired) electrons. The molecule has 118 valence electrons. The summed E-state index contributed by atoms with van der Waals surface area (Å²) in [6.45, 7) is 9.50. The van der Waals surface area contributed by atoms with E-state index in [1.807, 2.05) is 0 Å². The number of morpholine rings is 1. The molecule has 0 spiro atoms. The van der Waals surface area contributed by atoms with Gasteiger partial charge in [-0.3, -0.25) is 4.99 Å². The second-order valence-electron chi connectivity index (χ2n) is 5.14. The predicted molar refractivity (Wildman–Crippen MR) is 92.0 cm³/mol. The molecule has 6 heteroatoms. The number of aliphatic imine (C=N–C) groups is 1. The SMILES string of the molecule is CCCN=C(NCC)N1CCOC(C2CCCO2)C1.I. The Morgan fingerprint density at radius 2 is 2.05 bits per heavy atom. The standard InChI is InChI=1S/C14H27N3O2.HI/c1-3-7-16-14(15-4-2)17-8-10-19-13(11-17)12-6-5-9-18-12;/h12-13H,3-11H2,1-2H3,(H,15,16);1H. The Morgan fingerprint density at radius 1 is 1.25 bits per heavy atom. The molecule has 0 bridgehead atoms. The highest BCUT2D eigenvalue weighted by Gasteiger charge is 2.32. The highest BCUT2D eigenvalue weighted by molar-refractivity contribution is 14.0. The summed E-state index contributed by atoms with van der Waals surface area (Å²) in [6.07, 6.45) is 3.84. The minimum absolute atomic E-state index is 0. The maximum absolute atomic E-state index is 5.88. The van der Waals surface area contributed by atoms with Gasteiger partial charge < -0.3 is 19.7 Å². The average molecular weight is 397 g/mol. The minimum Gasteiger partial charge on any atom is -0.375 e. The summed E-state index contributed by atoms with van der Waals surface area (Å²) in [5.74, 6) is 1.02. The maximum Gasteiger partial charge on any atom is 0.194 e. The zero-order valence-corrected chi connectivity index (χ0v) is 15.0. The molecule has 0 aromatic heterocycles. The molecule has 0 aromatic rings. The van der Waals surface area contributed by atoms with Crippen molar-refractivity contribution in [1.82, 2.24) is 10.2 Å². The number of nitrogens with zero attached hydrogens (tertiary/aromatic N) is 2. The topological polar surface area (TPSA) is 46.1 Å². The Hall–Kier alpha value is -0.0800. The quantitative estimate of drug-likeness (QED) is 0.447. The van der Waals surface area contributed by atoms with Crippen LogP contribution in [0.5, 0.6) is 0 Å². The number of hydrogen-bond acceptors (Lipinski definition) is 3. The highest BCUT2D eigenvalue weighted by Crippen LogP contribution is 2.20. The minimum atomic E-state index is 0. The summed E-state index contributed by atoms with van der Waals surface area (Å²) in [7, 11) is 0. The lowest BCUT2D eigenvalue weighted by Gasteiger charge is -2.37. The number of rotatable bonds is 4. The van der Waals surface area contributed by atoms with Crippen LogP contribution in [-0.2, 0) is 9.47 Å². The first kappa shape index (κ1) is 18.0. The van der Waals surface area contributed by atoms with Gasteiger partial charge in [-0.05, 0) is 26.2 Å². The second kappa shape index (κ2) is 9.78. The van der Waals surface area contributed by atoms with Crippen molar-refractivity contribution in [3.63, 3.8) is 0 Å². The first-order valence-corrected chi connectivity index (χ1v) is 7.61. The molecule has 0 aliphatic carbocycles. The van der Waals surface area contributed by atoms with Gasteiger partial charge in [-0.1, -0.05) is 6.92 Å². The van der Waals surface area contributed by atoms with Crippen molar-refractivity contribution in [3.8, 4) is 0 Å². The van der Waals surface area contributed by atoms with Gasteiger partial charge in [0, 0.05) is 32.8 Å². The van der Waals surface area contributed by atoms with Gasteiger partial charge in [-0.2, -0.15) is 0 Å². The molecule has 2 aliphatic heterocycles. The van der Waals surface area contributed by atoms with Crippen LogP contribution in [-0.4, -0.2) is 62.5 Å². The molecule has 2 fully saturated rings. The zero-order chi connectivity index (χ0) is 13.5. The van der Waals surface area contributed by atoms with Gasteiger partial charge >= 0.3 is 0 Å². The highest BCUT2D eigenvalue weighted by atomic mass is 127. The van der Waals surface area contributed by atoms with E-state index in [0.717, 1.165) is 64.6 Å². The van der Waals surface area contributed by atoms with Crippen molar-refractivity contribution < 1.29 is 9.47 Å². The Bertz CT molecular complexity index is 296. The smallest absolute Gasteiger partial charge is 0.194 e. The lowest BCUT2D eigenvalue weighted by atomic mass is 10.1. The van der Waals surface area contributed by atoms with Crippen LogP contribution in [0.2, 0.25) is 0 Å². The molecular formula is C14H28IN3O2. The van der Waals surface area contributed by atoms with E-state index < -0.39 is 0 Å². The maximum atomic E-state index is 5.88. The molecule has 2 unspecified atom stereocenters. The Kier molecular flexibility index (Phi) is 8.79. The molecule has 0 saturated carbocycles. The van der Waals surface area contributed by atoms with E-state index in [1.54, 1.807) is 0 Å². The largest absolute Gasteiger partial charge is 0.375 e. The van der Waals surface area contributed by atoms with Crippen molar-refractivity contribution in [2.45, 2.75) is 45.3 Å². The lowest BCUT2D eigenvalue weighted by Crippen LogP contribution is -2.53. The monoisotopic (exact) mass is 397 g/mol. The van der Waals surface area contributed by atoms with Gasteiger partial charge in [-0.25, -0.2) is 0 Å². The predicted octanol–water partition coefficient (Wildman–Crippen LogP) is 1.86. The van der Waals surface area contributed by atoms with E-state index in [4.69, 9.17) is 9.47 Å². The lowest BCUT2D eigenvalue weighted by molar-refractivity contribution is -0.0817. The fourth-order valence-electron chi connectivity index (χ4n) is 2.63. The summed E-state index contributed by atoms with van der Waals surface area (Å²) >= 11 is 0. The van der Waals surface area contributed by atoms with Gasteiger partial charge in [0.25, 0.3) is 0 Å². The Morgan fingerprint density at radius 3 is 2.70 bits per heavy atom. The molecule has 5 nitrogen and oxygen atoms in total. The van der Waals surface area contributed by atoms with Gasteiger partial charge in [0.2, 0.25) is 0 Å². The van der Waals surface area contributed by atoms with Crippen molar-refractivity contribution in [2.24, 2.45) is 4.99 Å². The summed E-state index contributed by atoms with van der Waals surface area (Å²) in [5.41, 5.74) is 0. The van der Waals surface area contributed by atoms with E-state index in [0.29, 0.717) is 0 Å². The molecule has 2 saturated heterocycles. The molecule has 2 heterocycles. The van der Waals surface area contributed by atoms with E-state index >= 15 is 0 Å². The fraction of sp³-hybridized carbons (Fsp3) is 0.929. The number of guanidine groups is 1. The normalized spacial score (nSPS) is 27.3. The number of ether oxygens (including phenoxy) is 2. The number of nitrogens with one attached hydrogen (secondary N) is 1. The summed E-state index contributed by atoms with van der Waals surface area (Å²) < 4.78 is 11.6. The van der Waals surface area contributed by atoms with Crippen molar-refractivity contribution >= 4 is 29.9 Å². The van der Waals surface area contributed by atoms with Crippen LogP contribution >= 0.6 is 24.0 Å². The molecular weight excluding hydrogens is 369 g/mol. The Balaban J connectivity index is 0.00000200. The van der Waals surface area contributed by atoms with E-state index in [2.05, 4.69) is 29.1 Å². The van der Waals surface area contributed by atoms with Crippen molar-refractivity contribution in [2.75, 3.05) is 39.4 Å². The number of hydrogen-bond donors (Lipinski definition) is 1. The molecule has 20 heavy (non-hydrogen) atoms. The molecule has 0 amide bonds. The van der Waals surface area contributed by atoms with Crippen LogP contribution in [0.1, 0.15) is 33.1 Å². The zero-order valence-electron chi connectivity index (χ0n) is 12.6. The second-order valence-corrected chi connectivity index (χ2v) is 5.14. The van der Waals surface area contributed by atoms with Crippen LogP contribution in [0.25, 0.3) is 0 Å². The van der Waals surface area contributed by atoms with Crippen LogP contribution < -0.4 is 5.32 Å². The first-order chi connectivity index (χ1) is 9.35. The Labute approximate surface area is 139 Å². The van der Waals surface area contributed by atoms with E-state index in [9.17, 15) is 0 Å². The van der Waals surface area contributed by atoms with E-state index in [1.165, 1.54) is 0 Å². The van der Waals surface area contributed by atoms with E-state index in [-0.39, 0.29) is 36.2 Å². The van der Waals surface area contributed by atoms with Gasteiger partial charge in [0.1, 0.15) is 6.10 Å². The van der Waals surface area contributed by atoms with Gasteiger partial charge in [-0.15, -0.1) is 24.0 Å². The van der Waals surface area contributed by atoms with Crippen LogP contribution in [0, 0.1) is 0 Å². The van der Waals surface area contributed by atoms with Crippen molar-refractivity contribution in [1.29, 1.82) is 0 Å². The average Bonchev–Trinajstić information content (AvgIpc) is 2.98. The molecule has 1 N–H and O–H groups in total. The third-order valence-electron chi connectivity index (χ3n) is 3.59. The van der Waals surface area contributed by atoms with Crippen LogP contribution in [0.4, 0.5) is 0 Å². The number of halogens is 1. The summed E-state index contributed by atoms with van der Waals surface area (Å²) in [6, 6.07) is 0. The molecule has 2 rings (SSSR count). The molecule has 2 atom stereocenters. The van der Waals surface area contributed by atoms with Crippen LogP contribution in [0.3, 0.4) is 0 Å². The molecule has 2 aliphatic rings. The van der Waals surface area contributed by atoms with Gasteiger partial charge in [0.05, 0.1) is 12.7 Å². The third-order valence-corrected chi connectivity index (χ3v) is 3.59. The third kappa shape index (κ3) is 5.04. The summed E-state index contributed by atoms with van der Waals surface area (Å²) in [5, 5.41) is 3.38. The summed E-state index contributed by atoms with van der Waals surface area (Å²) in [4.78, 5) is 6.97. The molecule has 0 aromatic carbocycles. The van der Waals surface area contributed by atoms with Crippen LogP contribution in [0.15, 0.2) is 4.99 Å². The first-order valence-electron chi connectivity index (χ1n) is 7.61. The van der Waals surface area contributed by atoms with Gasteiger partial charge in [0.15, 0.2) is 5.96 Å². The fourth-order valence-corrected chi connectivity index (χ4v) is 2.63. The van der Waals surface area contributed by atoms with Crippen molar-refractivity contribution in [3.05, 3.63) is 0 Å².